The van der Waals surface area contributed by atoms with Gasteiger partial charge in [-0.1, -0.05) is 36.4 Å². The van der Waals surface area contributed by atoms with Crippen LogP contribution in [0.25, 0.3) is 0 Å². The summed E-state index contributed by atoms with van der Waals surface area (Å²) in [6, 6.07) is 24.1. The second-order valence-electron chi connectivity index (χ2n) is 7.74. The second kappa shape index (κ2) is 11.1. The lowest BCUT2D eigenvalue weighted by Crippen LogP contribution is -2.26. The molecule has 4 aromatic rings. The Hall–Kier alpha value is -3.52. The van der Waals surface area contributed by atoms with E-state index in [4.69, 9.17) is 19.2 Å². The Morgan fingerprint density at radius 2 is 1.09 bits per heavy atom. The van der Waals surface area contributed by atoms with Crippen LogP contribution in [0.15, 0.2) is 77.5 Å². The first-order chi connectivity index (χ1) is 16.6. The third-order valence-corrected chi connectivity index (χ3v) is 5.80. The summed E-state index contributed by atoms with van der Waals surface area (Å²) in [6.07, 6.45) is 0. The van der Waals surface area contributed by atoms with Gasteiger partial charge in [-0.2, -0.15) is 4.98 Å². The van der Waals surface area contributed by atoms with Crippen LogP contribution in [-0.2, 0) is 19.6 Å². The summed E-state index contributed by atoms with van der Waals surface area (Å²) in [5.74, 6) is 3.26. The Morgan fingerprint density at radius 1 is 0.676 bits per heavy atom. The van der Waals surface area contributed by atoms with Crippen LogP contribution >= 0.6 is 15.9 Å². The Labute approximate surface area is 208 Å². The van der Waals surface area contributed by atoms with Crippen LogP contribution in [0.5, 0.6) is 17.2 Å². The van der Waals surface area contributed by atoms with Crippen molar-refractivity contribution in [3.8, 4) is 17.2 Å². The van der Waals surface area contributed by atoms with Gasteiger partial charge in [-0.05, 0) is 69.0 Å². The van der Waals surface area contributed by atoms with Crippen molar-refractivity contribution in [2.45, 2.75) is 19.6 Å². The van der Waals surface area contributed by atoms with Gasteiger partial charge in [0.05, 0.1) is 27.9 Å². The van der Waals surface area contributed by atoms with Crippen molar-refractivity contribution in [3.05, 3.63) is 94.2 Å². The summed E-state index contributed by atoms with van der Waals surface area (Å²) in [5, 5.41) is 4.62. The van der Waals surface area contributed by atoms with Crippen molar-refractivity contribution < 1.29 is 14.2 Å². The van der Waals surface area contributed by atoms with E-state index in [-0.39, 0.29) is 0 Å². The predicted molar refractivity (Wildman–Crippen MR) is 136 cm³/mol. The number of methoxy groups -OCH3 is 3. The fourth-order valence-electron chi connectivity index (χ4n) is 3.65. The maximum atomic E-state index is 5.31. The molecule has 1 aromatic heterocycles. The van der Waals surface area contributed by atoms with E-state index in [1.54, 1.807) is 21.3 Å². The van der Waals surface area contributed by atoms with E-state index in [9.17, 15) is 0 Å². The van der Waals surface area contributed by atoms with Gasteiger partial charge in [0.15, 0.2) is 0 Å². The van der Waals surface area contributed by atoms with Gasteiger partial charge in [-0.25, -0.2) is 4.68 Å². The molecule has 1 heterocycles. The smallest absolute Gasteiger partial charge is 0.225 e. The van der Waals surface area contributed by atoms with Gasteiger partial charge in [0.2, 0.25) is 10.7 Å². The molecule has 7 nitrogen and oxygen atoms in total. The number of rotatable bonds is 10. The fourth-order valence-corrected chi connectivity index (χ4v) is 4.00. The number of halogens is 1. The molecule has 0 bridgehead atoms. The first-order valence-corrected chi connectivity index (χ1v) is 11.6. The number of nitrogens with zero attached hydrogens (tertiary/aromatic N) is 4. The third-order valence-electron chi connectivity index (χ3n) is 5.47. The topological polar surface area (TPSA) is 61.6 Å². The molecule has 34 heavy (non-hydrogen) atoms. The van der Waals surface area contributed by atoms with Crippen LogP contribution < -0.4 is 19.1 Å². The molecule has 176 valence electrons. The van der Waals surface area contributed by atoms with E-state index in [2.05, 4.69) is 50.2 Å². The van der Waals surface area contributed by atoms with E-state index in [1.807, 2.05) is 53.2 Å². The minimum Gasteiger partial charge on any atom is -0.497 e. The average molecular weight is 523 g/mol. The number of ether oxygens (including phenoxy) is 3. The molecule has 0 unspecified atom stereocenters. The first kappa shape index (κ1) is 23.6. The third kappa shape index (κ3) is 5.88. The highest BCUT2D eigenvalue weighted by atomic mass is 79.9. The number of anilines is 1. The molecule has 0 radical (unpaired) electrons. The summed E-state index contributed by atoms with van der Waals surface area (Å²) in [5.41, 5.74) is 3.39. The zero-order chi connectivity index (χ0) is 23.9. The van der Waals surface area contributed by atoms with Crippen molar-refractivity contribution in [1.82, 2.24) is 14.8 Å². The lowest BCUT2D eigenvalue weighted by atomic mass is 10.1. The molecule has 4 rings (SSSR count). The SMILES string of the molecule is COc1ccc(CN(Cc2ccc(OC)cc2)c2nc(Br)nn2Cc2ccc(OC)cc2)cc1. The predicted octanol–water partition coefficient (Wildman–Crippen LogP) is 5.32. The highest BCUT2D eigenvalue weighted by Crippen LogP contribution is 2.24. The average Bonchev–Trinajstić information content (AvgIpc) is 3.24. The quantitative estimate of drug-likeness (QED) is 0.281. The molecule has 0 aliphatic heterocycles. The van der Waals surface area contributed by atoms with Gasteiger partial charge >= 0.3 is 0 Å². The standard InChI is InChI=1S/C26H27BrN4O3/c1-32-22-10-4-19(5-11-22)16-30(17-20-6-12-23(33-2)13-7-20)26-28-25(27)29-31(26)18-21-8-14-24(34-3)15-9-21/h4-15H,16-18H2,1-3H3. The maximum absolute atomic E-state index is 5.31. The molecule has 0 saturated heterocycles. The highest BCUT2D eigenvalue weighted by Gasteiger charge is 2.18. The number of aromatic nitrogens is 3. The molecule has 0 aliphatic carbocycles. The van der Waals surface area contributed by atoms with Crippen LogP contribution in [0, 0.1) is 0 Å². The Bertz CT molecular complexity index is 1140. The van der Waals surface area contributed by atoms with E-state index in [0.717, 1.165) is 39.9 Å². The van der Waals surface area contributed by atoms with Crippen LogP contribution in [-0.4, -0.2) is 36.1 Å². The van der Waals surface area contributed by atoms with Gasteiger partial charge in [0.1, 0.15) is 17.2 Å². The molecule has 0 amide bonds. The van der Waals surface area contributed by atoms with Crippen molar-refractivity contribution in [1.29, 1.82) is 0 Å². The molecular weight excluding hydrogens is 496 g/mol. The van der Waals surface area contributed by atoms with Crippen LogP contribution in [0.2, 0.25) is 0 Å². The lowest BCUT2D eigenvalue weighted by molar-refractivity contribution is 0.414. The van der Waals surface area contributed by atoms with E-state index >= 15 is 0 Å². The molecule has 3 aromatic carbocycles. The summed E-state index contributed by atoms with van der Waals surface area (Å²) in [4.78, 5) is 6.93. The van der Waals surface area contributed by atoms with Gasteiger partial charge in [0, 0.05) is 13.1 Å². The zero-order valence-corrected chi connectivity index (χ0v) is 21.0. The number of benzene rings is 3. The molecule has 0 spiro atoms. The Morgan fingerprint density at radius 3 is 1.50 bits per heavy atom. The van der Waals surface area contributed by atoms with Crippen LogP contribution in [0.1, 0.15) is 16.7 Å². The van der Waals surface area contributed by atoms with E-state index in [0.29, 0.717) is 24.4 Å². The lowest BCUT2D eigenvalue weighted by Gasteiger charge is -2.24. The summed E-state index contributed by atoms with van der Waals surface area (Å²) in [6.45, 7) is 1.90. The normalized spacial score (nSPS) is 10.7. The maximum Gasteiger partial charge on any atom is 0.225 e. The highest BCUT2D eigenvalue weighted by molar-refractivity contribution is 9.10. The van der Waals surface area contributed by atoms with Gasteiger partial charge in [0.25, 0.3) is 0 Å². The van der Waals surface area contributed by atoms with E-state index < -0.39 is 0 Å². The van der Waals surface area contributed by atoms with Crippen molar-refractivity contribution in [3.63, 3.8) is 0 Å². The Kier molecular flexibility index (Phi) is 7.69. The molecule has 0 fully saturated rings. The summed E-state index contributed by atoms with van der Waals surface area (Å²) >= 11 is 3.47. The van der Waals surface area contributed by atoms with Crippen molar-refractivity contribution >= 4 is 21.9 Å². The first-order valence-electron chi connectivity index (χ1n) is 10.8. The van der Waals surface area contributed by atoms with Crippen molar-refractivity contribution in [2.75, 3.05) is 26.2 Å². The molecule has 0 aliphatic rings. The van der Waals surface area contributed by atoms with Crippen molar-refractivity contribution in [2.24, 2.45) is 0 Å². The molecule has 0 saturated carbocycles. The van der Waals surface area contributed by atoms with Gasteiger partial charge in [-0.15, -0.1) is 5.10 Å². The molecular formula is C26H27BrN4O3. The van der Waals surface area contributed by atoms with Gasteiger partial charge in [-0.3, -0.25) is 0 Å². The zero-order valence-electron chi connectivity index (χ0n) is 19.4. The second-order valence-corrected chi connectivity index (χ2v) is 8.45. The monoisotopic (exact) mass is 522 g/mol. The summed E-state index contributed by atoms with van der Waals surface area (Å²) in [7, 11) is 5.01. The minimum atomic E-state index is 0.547. The number of hydrogen-bond donors (Lipinski definition) is 0. The minimum absolute atomic E-state index is 0.547. The molecule has 0 N–H and O–H groups in total. The largest absolute Gasteiger partial charge is 0.497 e. The summed E-state index contributed by atoms with van der Waals surface area (Å²) < 4.78 is 18.4. The van der Waals surface area contributed by atoms with Gasteiger partial charge < -0.3 is 19.1 Å². The van der Waals surface area contributed by atoms with Crippen LogP contribution in [0.4, 0.5) is 5.95 Å². The Balaban J connectivity index is 1.64. The van der Waals surface area contributed by atoms with E-state index in [1.165, 1.54) is 0 Å². The molecule has 8 heteroatoms. The fraction of sp³-hybridized carbons (Fsp3) is 0.231. The molecule has 0 atom stereocenters. The van der Waals surface area contributed by atoms with Crippen LogP contribution in [0.3, 0.4) is 0 Å². The number of hydrogen-bond acceptors (Lipinski definition) is 6.